The van der Waals surface area contributed by atoms with Gasteiger partial charge in [-0.1, -0.05) is 12.8 Å². The van der Waals surface area contributed by atoms with Crippen LogP contribution in [0.15, 0.2) is 0 Å². The van der Waals surface area contributed by atoms with Crippen LogP contribution >= 0.6 is 0 Å². The average molecular weight is 304 g/mol. The molecule has 5 rings (SSSR count). The van der Waals surface area contributed by atoms with Crippen LogP contribution in [-0.4, -0.2) is 24.4 Å². The molecule has 0 aromatic carbocycles. The zero-order chi connectivity index (χ0) is 15.2. The highest BCUT2D eigenvalue weighted by molar-refractivity contribution is 5.88. The second kappa shape index (κ2) is 5.54. The lowest BCUT2D eigenvalue weighted by atomic mass is 9.49. The number of hydrogen-bond acceptors (Lipinski definition) is 2. The lowest BCUT2D eigenvalue weighted by molar-refractivity contribution is -0.147. The first-order chi connectivity index (χ1) is 10.6. The van der Waals surface area contributed by atoms with Gasteiger partial charge >= 0.3 is 0 Å². The first-order valence-electron chi connectivity index (χ1n) is 9.21. The Bertz CT molecular complexity index is 432. The highest BCUT2D eigenvalue weighted by Crippen LogP contribution is 2.60. The Labute approximate surface area is 132 Å². The molecule has 4 nitrogen and oxygen atoms in total. The summed E-state index contributed by atoms with van der Waals surface area (Å²) in [6.07, 6.45) is 11.8. The Morgan fingerprint density at radius 3 is 2.00 bits per heavy atom. The van der Waals surface area contributed by atoms with Gasteiger partial charge in [0.25, 0.3) is 0 Å². The fourth-order valence-corrected chi connectivity index (χ4v) is 6.09. The highest BCUT2D eigenvalue weighted by Gasteiger charge is 2.54. The highest BCUT2D eigenvalue weighted by atomic mass is 16.2. The number of rotatable bonds is 4. The molecule has 5 aliphatic rings. The first-order valence-corrected chi connectivity index (χ1v) is 9.21. The van der Waals surface area contributed by atoms with Crippen LogP contribution in [0.1, 0.15) is 64.2 Å². The molecule has 4 heteroatoms. The minimum atomic E-state index is -0.137. The fourth-order valence-electron chi connectivity index (χ4n) is 6.09. The standard InChI is InChI=1S/C18H28N2O2/c21-16(20-15-3-1-2-4-15)11-19-17(22)18-8-12-5-13(9-18)7-14(6-12)10-18/h12-15H,1-11H2,(H,19,22)(H,20,21). The molecule has 0 unspecified atom stereocenters. The van der Waals surface area contributed by atoms with E-state index >= 15 is 0 Å². The van der Waals surface area contributed by atoms with Crippen LogP contribution in [0.3, 0.4) is 0 Å². The SMILES string of the molecule is O=C(CNC(=O)C12CC3CC(CC(C3)C1)C2)NC1CCCC1. The molecule has 0 saturated heterocycles. The van der Waals surface area contributed by atoms with Gasteiger partial charge in [-0.25, -0.2) is 0 Å². The van der Waals surface area contributed by atoms with Crippen LogP contribution in [0.5, 0.6) is 0 Å². The summed E-state index contributed by atoms with van der Waals surface area (Å²) in [5, 5.41) is 6.02. The number of hydrogen-bond donors (Lipinski definition) is 2. The summed E-state index contributed by atoms with van der Waals surface area (Å²) in [7, 11) is 0. The Balaban J connectivity index is 1.31. The van der Waals surface area contributed by atoms with Gasteiger partial charge in [0.15, 0.2) is 0 Å². The summed E-state index contributed by atoms with van der Waals surface area (Å²) < 4.78 is 0. The Hall–Kier alpha value is -1.06. The number of nitrogens with one attached hydrogen (secondary N) is 2. The van der Waals surface area contributed by atoms with E-state index in [1.165, 1.54) is 32.1 Å². The average Bonchev–Trinajstić information content (AvgIpc) is 2.96. The smallest absolute Gasteiger partial charge is 0.239 e. The van der Waals surface area contributed by atoms with Gasteiger partial charge in [0.2, 0.25) is 11.8 Å². The van der Waals surface area contributed by atoms with Crippen molar-refractivity contribution in [1.82, 2.24) is 10.6 Å². The van der Waals surface area contributed by atoms with Crippen LogP contribution in [0, 0.1) is 23.2 Å². The van der Waals surface area contributed by atoms with E-state index < -0.39 is 0 Å². The molecule has 0 radical (unpaired) electrons. The maximum atomic E-state index is 12.7. The zero-order valence-electron chi connectivity index (χ0n) is 13.4. The van der Waals surface area contributed by atoms with Gasteiger partial charge in [0, 0.05) is 11.5 Å². The van der Waals surface area contributed by atoms with Crippen molar-refractivity contribution in [2.24, 2.45) is 23.2 Å². The van der Waals surface area contributed by atoms with Gasteiger partial charge in [-0.05, 0) is 69.1 Å². The predicted octanol–water partition coefficient (Wildman–Crippen LogP) is 2.38. The molecule has 0 heterocycles. The van der Waals surface area contributed by atoms with Crippen molar-refractivity contribution >= 4 is 11.8 Å². The van der Waals surface area contributed by atoms with E-state index in [0.29, 0.717) is 6.04 Å². The minimum absolute atomic E-state index is 0.00928. The van der Waals surface area contributed by atoms with E-state index in [1.54, 1.807) is 0 Å². The van der Waals surface area contributed by atoms with E-state index in [9.17, 15) is 9.59 Å². The van der Waals surface area contributed by atoms with Crippen molar-refractivity contribution in [2.45, 2.75) is 70.3 Å². The third-order valence-corrected chi connectivity index (χ3v) is 6.65. The maximum Gasteiger partial charge on any atom is 0.239 e. The number of amides is 2. The Morgan fingerprint density at radius 1 is 0.909 bits per heavy atom. The van der Waals surface area contributed by atoms with E-state index in [2.05, 4.69) is 10.6 Å². The minimum Gasteiger partial charge on any atom is -0.352 e. The van der Waals surface area contributed by atoms with Crippen molar-refractivity contribution in [2.75, 3.05) is 6.54 Å². The number of carbonyl (C=O) groups excluding carboxylic acids is 2. The summed E-state index contributed by atoms with van der Waals surface area (Å²) >= 11 is 0. The molecule has 0 aliphatic heterocycles. The summed E-state index contributed by atoms with van der Waals surface area (Å²) in [5.74, 6) is 2.45. The second-order valence-corrected chi connectivity index (χ2v) is 8.43. The molecule has 0 aromatic heterocycles. The monoisotopic (exact) mass is 304 g/mol. The molecule has 2 amide bonds. The molecule has 4 bridgehead atoms. The summed E-state index contributed by atoms with van der Waals surface area (Å²) in [4.78, 5) is 24.8. The van der Waals surface area contributed by atoms with Gasteiger partial charge in [-0.2, -0.15) is 0 Å². The van der Waals surface area contributed by atoms with Crippen LogP contribution in [0.25, 0.3) is 0 Å². The molecule has 122 valence electrons. The van der Waals surface area contributed by atoms with E-state index in [-0.39, 0.29) is 23.8 Å². The fraction of sp³-hybridized carbons (Fsp3) is 0.889. The Morgan fingerprint density at radius 2 is 1.45 bits per heavy atom. The molecule has 5 aliphatic carbocycles. The van der Waals surface area contributed by atoms with Gasteiger partial charge in [-0.15, -0.1) is 0 Å². The first kappa shape index (κ1) is 14.5. The van der Waals surface area contributed by atoms with Gasteiger partial charge in [0.1, 0.15) is 0 Å². The third-order valence-electron chi connectivity index (χ3n) is 6.65. The number of carbonyl (C=O) groups is 2. The van der Waals surface area contributed by atoms with E-state index in [4.69, 9.17) is 0 Å². The van der Waals surface area contributed by atoms with E-state index in [0.717, 1.165) is 49.9 Å². The molecule has 2 N–H and O–H groups in total. The van der Waals surface area contributed by atoms with Crippen LogP contribution < -0.4 is 10.6 Å². The van der Waals surface area contributed by atoms with Crippen LogP contribution in [-0.2, 0) is 9.59 Å². The van der Waals surface area contributed by atoms with Crippen molar-refractivity contribution < 1.29 is 9.59 Å². The van der Waals surface area contributed by atoms with Crippen LogP contribution in [0.4, 0.5) is 0 Å². The van der Waals surface area contributed by atoms with E-state index in [1.807, 2.05) is 0 Å². The normalized spacial score (nSPS) is 39.9. The van der Waals surface area contributed by atoms with Gasteiger partial charge in [0.05, 0.1) is 6.54 Å². The molecule has 0 atom stereocenters. The summed E-state index contributed by atoms with van der Waals surface area (Å²) in [5.41, 5.74) is -0.137. The largest absolute Gasteiger partial charge is 0.352 e. The van der Waals surface area contributed by atoms with Gasteiger partial charge in [-0.3, -0.25) is 9.59 Å². The molecular weight excluding hydrogens is 276 g/mol. The molecule has 5 fully saturated rings. The molecule has 0 aromatic rings. The molecular formula is C18H28N2O2. The Kier molecular flexibility index (Phi) is 3.66. The quantitative estimate of drug-likeness (QED) is 0.838. The molecule has 22 heavy (non-hydrogen) atoms. The van der Waals surface area contributed by atoms with Crippen molar-refractivity contribution in [3.05, 3.63) is 0 Å². The zero-order valence-corrected chi connectivity index (χ0v) is 13.4. The van der Waals surface area contributed by atoms with Gasteiger partial charge < -0.3 is 10.6 Å². The van der Waals surface area contributed by atoms with Crippen molar-refractivity contribution in [3.63, 3.8) is 0 Å². The molecule has 5 saturated carbocycles. The van der Waals surface area contributed by atoms with Crippen molar-refractivity contribution in [3.8, 4) is 0 Å². The third kappa shape index (κ3) is 2.65. The molecule has 0 spiro atoms. The second-order valence-electron chi connectivity index (χ2n) is 8.43. The lowest BCUT2D eigenvalue weighted by Gasteiger charge is -2.55. The predicted molar refractivity (Wildman–Crippen MR) is 84.0 cm³/mol. The van der Waals surface area contributed by atoms with Crippen LogP contribution in [0.2, 0.25) is 0 Å². The lowest BCUT2D eigenvalue weighted by Crippen LogP contribution is -2.54. The maximum absolute atomic E-state index is 12.7. The summed E-state index contributed by atoms with van der Waals surface area (Å²) in [6.45, 7) is 0.164. The topological polar surface area (TPSA) is 58.2 Å². The summed E-state index contributed by atoms with van der Waals surface area (Å²) in [6, 6.07) is 0.337. The van der Waals surface area contributed by atoms with Crippen molar-refractivity contribution in [1.29, 1.82) is 0 Å².